The van der Waals surface area contributed by atoms with E-state index in [1.165, 1.54) is 12.1 Å². The molecule has 1 aliphatic rings. The summed E-state index contributed by atoms with van der Waals surface area (Å²) in [6.45, 7) is 2.72. The van der Waals surface area contributed by atoms with Crippen LogP contribution in [0.3, 0.4) is 0 Å². The highest BCUT2D eigenvalue weighted by Crippen LogP contribution is 2.32. The molecule has 3 rings (SSSR count). The summed E-state index contributed by atoms with van der Waals surface area (Å²) < 4.78 is 21.4. The molecule has 1 aromatic heterocycles. The first-order chi connectivity index (χ1) is 10.5. The number of benzene rings is 1. The fourth-order valence-electron chi connectivity index (χ4n) is 2.57. The van der Waals surface area contributed by atoms with E-state index in [9.17, 15) is 4.39 Å². The van der Waals surface area contributed by atoms with E-state index in [1.807, 2.05) is 17.8 Å². The number of morpholine rings is 1. The molecule has 1 aliphatic heterocycles. The Balaban J connectivity index is 1.76. The zero-order valence-electron chi connectivity index (χ0n) is 12.1. The smallest absolute Gasteiger partial charge is 0.142 e. The fraction of sp³-hybridized carbons (Fsp3) is 0.400. The lowest BCUT2D eigenvalue weighted by Gasteiger charge is -2.33. The fourth-order valence-corrected chi connectivity index (χ4v) is 3.07. The van der Waals surface area contributed by atoms with Crippen molar-refractivity contribution >= 4 is 23.2 Å². The Labute approximate surface area is 138 Å². The van der Waals surface area contributed by atoms with Gasteiger partial charge in [0.15, 0.2) is 0 Å². The second-order valence-corrected chi connectivity index (χ2v) is 6.15. The van der Waals surface area contributed by atoms with Crippen LogP contribution in [0.1, 0.15) is 17.5 Å². The monoisotopic (exact) mass is 343 g/mol. The van der Waals surface area contributed by atoms with Gasteiger partial charge in [-0.15, -0.1) is 0 Å². The first-order valence-corrected chi connectivity index (χ1v) is 7.75. The van der Waals surface area contributed by atoms with Crippen LogP contribution < -0.4 is 0 Å². The lowest BCUT2D eigenvalue weighted by molar-refractivity contribution is -0.0339. The Kier molecular flexibility index (Phi) is 4.68. The van der Waals surface area contributed by atoms with E-state index in [1.54, 1.807) is 6.20 Å². The summed E-state index contributed by atoms with van der Waals surface area (Å²) in [7, 11) is 1.96. The van der Waals surface area contributed by atoms with Crippen LogP contribution >= 0.6 is 23.2 Å². The molecule has 0 radical (unpaired) electrons. The lowest BCUT2D eigenvalue weighted by atomic mass is 10.1. The quantitative estimate of drug-likeness (QED) is 0.799. The van der Waals surface area contributed by atoms with Crippen LogP contribution in [0.25, 0.3) is 0 Å². The van der Waals surface area contributed by atoms with Gasteiger partial charge in [0, 0.05) is 43.1 Å². The lowest BCUT2D eigenvalue weighted by Crippen LogP contribution is -2.38. The van der Waals surface area contributed by atoms with Crippen LogP contribution in [0.15, 0.2) is 24.5 Å². The molecule has 0 N–H and O–H groups in total. The van der Waals surface area contributed by atoms with Crippen LogP contribution in [0.5, 0.6) is 0 Å². The maximum atomic E-state index is 13.7. The molecule has 0 unspecified atom stereocenters. The molecule has 1 atom stereocenters. The van der Waals surface area contributed by atoms with E-state index in [0.29, 0.717) is 23.7 Å². The van der Waals surface area contributed by atoms with Gasteiger partial charge in [-0.3, -0.25) is 4.90 Å². The summed E-state index contributed by atoms with van der Waals surface area (Å²) >= 11 is 11.9. The minimum atomic E-state index is -0.481. The van der Waals surface area contributed by atoms with Gasteiger partial charge in [0.1, 0.15) is 11.6 Å². The summed E-state index contributed by atoms with van der Waals surface area (Å²) in [5, 5.41) is 0.449. The van der Waals surface area contributed by atoms with E-state index < -0.39 is 5.82 Å². The third-order valence-corrected chi connectivity index (χ3v) is 4.44. The second kappa shape index (κ2) is 6.54. The summed E-state index contributed by atoms with van der Waals surface area (Å²) in [5.41, 5.74) is 0.633. The van der Waals surface area contributed by atoms with E-state index in [2.05, 4.69) is 9.88 Å². The van der Waals surface area contributed by atoms with Crippen LogP contribution in [0.2, 0.25) is 10.0 Å². The highest BCUT2D eigenvalue weighted by molar-refractivity contribution is 6.35. The summed E-state index contributed by atoms with van der Waals surface area (Å²) in [6.07, 6.45) is 3.42. The molecule has 118 valence electrons. The number of imidazole rings is 1. The summed E-state index contributed by atoms with van der Waals surface area (Å²) in [6, 6.07) is 2.79. The van der Waals surface area contributed by atoms with Crippen LogP contribution in [0, 0.1) is 5.82 Å². The van der Waals surface area contributed by atoms with E-state index in [4.69, 9.17) is 27.9 Å². The molecule has 0 spiro atoms. The molecule has 2 aromatic rings. The number of hydrogen-bond donors (Lipinski definition) is 0. The number of aryl methyl sites for hydroxylation is 1. The maximum absolute atomic E-state index is 13.7. The predicted molar refractivity (Wildman–Crippen MR) is 83.6 cm³/mol. The molecule has 7 heteroatoms. The van der Waals surface area contributed by atoms with Crippen molar-refractivity contribution in [3.63, 3.8) is 0 Å². The molecular formula is C15H16Cl2FN3O. The van der Waals surface area contributed by atoms with Crippen molar-refractivity contribution in [2.24, 2.45) is 7.05 Å². The number of aromatic nitrogens is 2. The van der Waals surface area contributed by atoms with Crippen molar-refractivity contribution in [1.29, 1.82) is 0 Å². The molecule has 22 heavy (non-hydrogen) atoms. The van der Waals surface area contributed by atoms with Gasteiger partial charge in [-0.1, -0.05) is 23.2 Å². The van der Waals surface area contributed by atoms with Gasteiger partial charge in [0.25, 0.3) is 0 Å². The van der Waals surface area contributed by atoms with Crippen LogP contribution in [-0.4, -0.2) is 34.1 Å². The number of ether oxygens (including phenoxy) is 1. The molecule has 4 nitrogen and oxygen atoms in total. The first-order valence-electron chi connectivity index (χ1n) is 6.99. The Morgan fingerprint density at radius 3 is 2.91 bits per heavy atom. The van der Waals surface area contributed by atoms with Crippen molar-refractivity contribution in [2.45, 2.75) is 12.6 Å². The number of rotatable bonds is 3. The molecular weight excluding hydrogens is 328 g/mol. The van der Waals surface area contributed by atoms with Crippen molar-refractivity contribution in [1.82, 2.24) is 14.5 Å². The van der Waals surface area contributed by atoms with Crippen LogP contribution in [0.4, 0.5) is 4.39 Å². The Morgan fingerprint density at radius 2 is 2.18 bits per heavy atom. The minimum Gasteiger partial charge on any atom is -0.371 e. The van der Waals surface area contributed by atoms with Gasteiger partial charge in [-0.25, -0.2) is 9.37 Å². The Bertz CT molecular complexity index is 677. The van der Waals surface area contributed by atoms with E-state index in [0.717, 1.165) is 18.9 Å². The van der Waals surface area contributed by atoms with E-state index >= 15 is 0 Å². The predicted octanol–water partition coefficient (Wildman–Crippen LogP) is 3.44. The van der Waals surface area contributed by atoms with Gasteiger partial charge in [0.2, 0.25) is 0 Å². The normalized spacial score (nSPS) is 19.5. The molecule has 1 aromatic carbocycles. The van der Waals surface area contributed by atoms with Gasteiger partial charge in [-0.05, 0) is 12.1 Å². The first kappa shape index (κ1) is 15.7. The zero-order valence-corrected chi connectivity index (χ0v) is 13.6. The van der Waals surface area contributed by atoms with Gasteiger partial charge >= 0.3 is 0 Å². The molecule has 0 saturated carbocycles. The zero-order chi connectivity index (χ0) is 15.7. The van der Waals surface area contributed by atoms with Crippen molar-refractivity contribution in [2.75, 3.05) is 19.7 Å². The molecule has 0 bridgehead atoms. The molecule has 2 heterocycles. The number of hydrogen-bond acceptors (Lipinski definition) is 3. The SMILES string of the molecule is Cn1ccnc1CN1CCO[C@@H](c2cc(F)c(Cl)cc2Cl)C1. The highest BCUT2D eigenvalue weighted by Gasteiger charge is 2.25. The minimum absolute atomic E-state index is 0.0226. The average Bonchev–Trinajstić information content (AvgIpc) is 2.88. The summed E-state index contributed by atoms with van der Waals surface area (Å²) in [5.74, 6) is 0.500. The maximum Gasteiger partial charge on any atom is 0.142 e. The van der Waals surface area contributed by atoms with Gasteiger partial charge < -0.3 is 9.30 Å². The molecule has 1 fully saturated rings. The number of nitrogens with zero attached hydrogens (tertiary/aromatic N) is 3. The van der Waals surface area contributed by atoms with Crippen molar-refractivity contribution < 1.29 is 9.13 Å². The Hall–Kier alpha value is -1.14. The Morgan fingerprint density at radius 1 is 1.36 bits per heavy atom. The van der Waals surface area contributed by atoms with Crippen molar-refractivity contribution in [3.8, 4) is 0 Å². The average molecular weight is 344 g/mol. The second-order valence-electron chi connectivity index (χ2n) is 5.34. The van der Waals surface area contributed by atoms with Crippen LogP contribution in [-0.2, 0) is 18.3 Å². The highest BCUT2D eigenvalue weighted by atomic mass is 35.5. The standard InChI is InChI=1S/C15H16Cl2FN3O/c1-20-3-2-19-15(20)9-21-4-5-22-14(8-21)10-6-13(18)12(17)7-11(10)16/h2-3,6-7,14H,4-5,8-9H2,1H3/t14-/m1/s1. The van der Waals surface area contributed by atoms with Gasteiger partial charge in [-0.2, -0.15) is 0 Å². The largest absolute Gasteiger partial charge is 0.371 e. The molecule has 0 aliphatic carbocycles. The molecule has 0 amide bonds. The third-order valence-electron chi connectivity index (χ3n) is 3.82. The third kappa shape index (κ3) is 3.27. The van der Waals surface area contributed by atoms with Crippen molar-refractivity contribution in [3.05, 3.63) is 51.8 Å². The van der Waals surface area contributed by atoms with Gasteiger partial charge in [0.05, 0.1) is 24.3 Å². The topological polar surface area (TPSA) is 30.3 Å². The van der Waals surface area contributed by atoms with E-state index in [-0.39, 0.29) is 11.1 Å². The molecule has 1 saturated heterocycles. The number of halogens is 3. The summed E-state index contributed by atoms with van der Waals surface area (Å²) in [4.78, 5) is 6.55.